The summed E-state index contributed by atoms with van der Waals surface area (Å²) in [5.74, 6) is -0.631. The lowest BCUT2D eigenvalue weighted by atomic mass is 10.1. The number of nitrogens with zero attached hydrogens (tertiary/aromatic N) is 2. The van der Waals surface area contributed by atoms with Gasteiger partial charge in [-0.2, -0.15) is 5.10 Å². The molecule has 0 atom stereocenters. The van der Waals surface area contributed by atoms with Gasteiger partial charge in [0.05, 0.1) is 24.4 Å². The molecule has 90 valence electrons. The van der Waals surface area contributed by atoms with Gasteiger partial charge in [0.2, 0.25) is 0 Å². The van der Waals surface area contributed by atoms with E-state index in [0.717, 1.165) is 23.2 Å². The molecule has 0 aliphatic carbocycles. The third-order valence-corrected chi connectivity index (χ3v) is 3.24. The number of rotatable bonds is 2. The Morgan fingerprint density at radius 1 is 1.41 bits per heavy atom. The molecule has 1 fully saturated rings. The first-order valence-corrected chi connectivity index (χ1v) is 5.98. The normalized spacial score (nSPS) is 18.9. The lowest BCUT2D eigenvalue weighted by Crippen LogP contribution is -2.23. The number of pyridine rings is 1. The van der Waals surface area contributed by atoms with Crippen molar-refractivity contribution in [2.24, 2.45) is 0 Å². The molecule has 3 heterocycles. The van der Waals surface area contributed by atoms with Crippen LogP contribution < -0.4 is 0 Å². The lowest BCUT2D eigenvalue weighted by Gasteiger charge is -2.23. The molecule has 1 saturated heterocycles. The molecule has 4 nitrogen and oxygen atoms in total. The van der Waals surface area contributed by atoms with E-state index in [1.54, 1.807) is 0 Å². The van der Waals surface area contributed by atoms with Crippen molar-refractivity contribution in [3.8, 4) is 0 Å². The smallest absolute Gasteiger partial charge is 0.194 e. The van der Waals surface area contributed by atoms with Gasteiger partial charge in [0.25, 0.3) is 0 Å². The van der Waals surface area contributed by atoms with Gasteiger partial charge >= 0.3 is 0 Å². The molecule has 4 heteroatoms. The van der Waals surface area contributed by atoms with Crippen LogP contribution >= 0.6 is 0 Å². The molecule has 17 heavy (non-hydrogen) atoms. The summed E-state index contributed by atoms with van der Waals surface area (Å²) in [5, 5.41) is 4.50. The SMILES string of the molecule is CCc1cc2c(C3(C)OCCO3)cccn2n1. The Kier molecular flexibility index (Phi) is 2.42. The van der Waals surface area contributed by atoms with Crippen LogP contribution in [0.4, 0.5) is 0 Å². The Morgan fingerprint density at radius 2 is 2.18 bits per heavy atom. The van der Waals surface area contributed by atoms with E-state index >= 15 is 0 Å². The minimum absolute atomic E-state index is 0.631. The molecule has 2 aromatic heterocycles. The maximum atomic E-state index is 5.71. The van der Waals surface area contributed by atoms with Crippen LogP contribution in [-0.4, -0.2) is 22.8 Å². The highest BCUT2D eigenvalue weighted by Crippen LogP contribution is 2.33. The maximum Gasteiger partial charge on any atom is 0.194 e. The zero-order valence-corrected chi connectivity index (χ0v) is 10.1. The van der Waals surface area contributed by atoms with Crippen LogP contribution in [0, 0.1) is 0 Å². The zero-order chi connectivity index (χ0) is 11.9. The van der Waals surface area contributed by atoms with Gasteiger partial charge in [0, 0.05) is 11.8 Å². The summed E-state index contributed by atoms with van der Waals surface area (Å²) >= 11 is 0. The summed E-state index contributed by atoms with van der Waals surface area (Å²) in [4.78, 5) is 0. The lowest BCUT2D eigenvalue weighted by molar-refractivity contribution is -0.148. The predicted octanol–water partition coefficient (Wildman–Crippen LogP) is 2.12. The number of aromatic nitrogens is 2. The molecule has 0 unspecified atom stereocenters. The summed E-state index contributed by atoms with van der Waals surface area (Å²) in [6, 6.07) is 6.12. The first kappa shape index (κ1) is 10.7. The van der Waals surface area contributed by atoms with Crippen molar-refractivity contribution in [3.05, 3.63) is 35.7 Å². The Morgan fingerprint density at radius 3 is 2.88 bits per heavy atom. The zero-order valence-electron chi connectivity index (χ0n) is 10.1. The largest absolute Gasteiger partial charge is 0.344 e. The molecule has 1 aliphatic heterocycles. The second kappa shape index (κ2) is 3.82. The Hall–Kier alpha value is -1.39. The number of hydrogen-bond donors (Lipinski definition) is 0. The van der Waals surface area contributed by atoms with E-state index < -0.39 is 5.79 Å². The molecule has 0 aromatic carbocycles. The van der Waals surface area contributed by atoms with E-state index in [4.69, 9.17) is 9.47 Å². The van der Waals surface area contributed by atoms with Crippen molar-refractivity contribution in [1.82, 2.24) is 9.61 Å². The Bertz CT molecular complexity index is 541. The van der Waals surface area contributed by atoms with Gasteiger partial charge in [-0.15, -0.1) is 0 Å². The number of aryl methyl sites for hydroxylation is 1. The monoisotopic (exact) mass is 232 g/mol. The minimum Gasteiger partial charge on any atom is -0.344 e. The summed E-state index contributed by atoms with van der Waals surface area (Å²) in [7, 11) is 0. The molecule has 0 bridgehead atoms. The van der Waals surface area contributed by atoms with Gasteiger partial charge in [0.1, 0.15) is 0 Å². The Labute approximate surface area is 100 Å². The van der Waals surface area contributed by atoms with Gasteiger partial charge in [-0.3, -0.25) is 0 Å². The Balaban J connectivity index is 2.18. The van der Waals surface area contributed by atoms with Crippen LogP contribution in [0.25, 0.3) is 5.52 Å². The molecule has 0 amide bonds. The maximum absolute atomic E-state index is 5.71. The number of ether oxygens (including phenoxy) is 2. The number of fused-ring (bicyclic) bond motifs is 1. The molecule has 1 aliphatic rings. The fraction of sp³-hybridized carbons (Fsp3) is 0.462. The second-order valence-corrected chi connectivity index (χ2v) is 4.38. The molecular weight excluding hydrogens is 216 g/mol. The van der Waals surface area contributed by atoms with Crippen molar-refractivity contribution in [3.63, 3.8) is 0 Å². The summed E-state index contributed by atoms with van der Waals surface area (Å²) < 4.78 is 13.3. The fourth-order valence-corrected chi connectivity index (χ4v) is 2.29. The van der Waals surface area contributed by atoms with E-state index in [1.165, 1.54) is 0 Å². The second-order valence-electron chi connectivity index (χ2n) is 4.38. The molecule has 3 rings (SSSR count). The van der Waals surface area contributed by atoms with Gasteiger partial charge in [-0.25, -0.2) is 4.52 Å². The van der Waals surface area contributed by atoms with Gasteiger partial charge in [-0.1, -0.05) is 6.92 Å². The van der Waals surface area contributed by atoms with Gasteiger partial charge < -0.3 is 9.47 Å². The molecule has 0 N–H and O–H groups in total. The van der Waals surface area contributed by atoms with Crippen molar-refractivity contribution < 1.29 is 9.47 Å². The molecule has 2 aromatic rings. The average molecular weight is 232 g/mol. The summed E-state index contributed by atoms with van der Waals surface area (Å²) in [5.41, 5.74) is 3.19. The molecular formula is C13H16N2O2. The third-order valence-electron chi connectivity index (χ3n) is 3.24. The van der Waals surface area contributed by atoms with Crippen LogP contribution in [0.3, 0.4) is 0 Å². The standard InChI is InChI=1S/C13H16N2O2/c1-3-10-9-12-11(5-4-6-15(12)14-10)13(2)16-7-8-17-13/h4-6,9H,3,7-8H2,1-2H3. The fourth-order valence-electron chi connectivity index (χ4n) is 2.29. The van der Waals surface area contributed by atoms with Crippen molar-refractivity contribution in [1.29, 1.82) is 0 Å². The van der Waals surface area contributed by atoms with Crippen LogP contribution in [0.5, 0.6) is 0 Å². The van der Waals surface area contributed by atoms with Gasteiger partial charge in [-0.05, 0) is 31.5 Å². The summed E-state index contributed by atoms with van der Waals surface area (Å²) in [6.45, 7) is 5.36. The van der Waals surface area contributed by atoms with Crippen LogP contribution in [-0.2, 0) is 21.7 Å². The number of hydrogen-bond acceptors (Lipinski definition) is 3. The third kappa shape index (κ3) is 1.64. The topological polar surface area (TPSA) is 35.8 Å². The average Bonchev–Trinajstić information content (AvgIpc) is 2.94. The highest BCUT2D eigenvalue weighted by atomic mass is 16.7. The first-order chi connectivity index (χ1) is 8.23. The van der Waals surface area contributed by atoms with E-state index in [9.17, 15) is 0 Å². The predicted molar refractivity (Wildman–Crippen MR) is 63.8 cm³/mol. The van der Waals surface area contributed by atoms with Crippen LogP contribution in [0.2, 0.25) is 0 Å². The highest BCUT2D eigenvalue weighted by molar-refractivity contribution is 5.57. The highest BCUT2D eigenvalue weighted by Gasteiger charge is 2.35. The molecule has 0 saturated carbocycles. The molecule has 0 radical (unpaired) electrons. The van der Waals surface area contributed by atoms with E-state index in [2.05, 4.69) is 18.1 Å². The van der Waals surface area contributed by atoms with E-state index in [1.807, 2.05) is 29.8 Å². The van der Waals surface area contributed by atoms with E-state index in [-0.39, 0.29) is 0 Å². The summed E-state index contributed by atoms with van der Waals surface area (Å²) in [6.07, 6.45) is 2.88. The van der Waals surface area contributed by atoms with Crippen molar-refractivity contribution in [2.75, 3.05) is 13.2 Å². The first-order valence-electron chi connectivity index (χ1n) is 5.98. The molecule has 0 spiro atoms. The van der Waals surface area contributed by atoms with Crippen LogP contribution in [0.15, 0.2) is 24.4 Å². The quantitative estimate of drug-likeness (QED) is 0.795. The minimum atomic E-state index is -0.631. The van der Waals surface area contributed by atoms with Crippen molar-refractivity contribution in [2.45, 2.75) is 26.1 Å². The van der Waals surface area contributed by atoms with Crippen LogP contribution in [0.1, 0.15) is 25.1 Å². The van der Waals surface area contributed by atoms with E-state index in [0.29, 0.717) is 13.2 Å². The van der Waals surface area contributed by atoms with Crippen molar-refractivity contribution >= 4 is 5.52 Å². The van der Waals surface area contributed by atoms with Gasteiger partial charge in [0.15, 0.2) is 5.79 Å².